The molecular formula is C9H13F3N2O4. The number of carboxylic acids is 1. The summed E-state index contributed by atoms with van der Waals surface area (Å²) >= 11 is 0. The number of urea groups is 1. The predicted octanol–water partition coefficient (Wildman–Crippen LogP) is 0.216. The lowest BCUT2D eigenvalue weighted by atomic mass is 10.2. The Morgan fingerprint density at radius 1 is 1.33 bits per heavy atom. The van der Waals surface area contributed by atoms with Gasteiger partial charge in [0.25, 0.3) is 0 Å². The summed E-state index contributed by atoms with van der Waals surface area (Å²) in [5, 5.41) is 20.8. The van der Waals surface area contributed by atoms with Gasteiger partial charge in [-0.2, -0.15) is 13.2 Å². The van der Waals surface area contributed by atoms with Crippen LogP contribution >= 0.6 is 0 Å². The second kappa shape index (κ2) is 5.01. The van der Waals surface area contributed by atoms with Gasteiger partial charge in [-0.15, -0.1) is 0 Å². The molecule has 0 saturated heterocycles. The lowest BCUT2D eigenvalue weighted by Gasteiger charge is -2.22. The summed E-state index contributed by atoms with van der Waals surface area (Å²) in [6.07, 6.45) is -5.27. The second-order valence-corrected chi connectivity index (χ2v) is 4.08. The Hall–Kier alpha value is -1.51. The van der Waals surface area contributed by atoms with Crippen LogP contribution in [0.25, 0.3) is 0 Å². The molecule has 0 spiro atoms. The molecular weight excluding hydrogens is 257 g/mol. The van der Waals surface area contributed by atoms with Crippen LogP contribution in [-0.2, 0) is 4.79 Å². The van der Waals surface area contributed by atoms with Gasteiger partial charge in [0, 0.05) is 13.0 Å². The van der Waals surface area contributed by atoms with Gasteiger partial charge in [-0.3, -0.25) is 0 Å². The molecule has 1 saturated carbocycles. The van der Waals surface area contributed by atoms with Crippen LogP contribution < -0.4 is 10.6 Å². The van der Waals surface area contributed by atoms with Crippen LogP contribution in [0.4, 0.5) is 18.0 Å². The van der Waals surface area contributed by atoms with Crippen molar-refractivity contribution in [2.75, 3.05) is 6.61 Å². The van der Waals surface area contributed by atoms with Gasteiger partial charge >= 0.3 is 18.2 Å². The van der Waals surface area contributed by atoms with Crippen LogP contribution in [0.15, 0.2) is 0 Å². The number of rotatable bonds is 5. The summed E-state index contributed by atoms with van der Waals surface area (Å²) < 4.78 is 37.5. The maximum absolute atomic E-state index is 12.5. The number of carbonyl (C=O) groups is 2. The number of aliphatic hydroxyl groups excluding tert-OH is 1. The van der Waals surface area contributed by atoms with Gasteiger partial charge in [0.15, 0.2) is 0 Å². The van der Waals surface area contributed by atoms with Crippen LogP contribution in [0.3, 0.4) is 0 Å². The van der Waals surface area contributed by atoms with Crippen molar-refractivity contribution in [3.8, 4) is 0 Å². The van der Waals surface area contributed by atoms with Crippen LogP contribution in [0.1, 0.15) is 19.3 Å². The van der Waals surface area contributed by atoms with E-state index in [1.165, 1.54) is 0 Å². The number of hydrogen-bond acceptors (Lipinski definition) is 3. The van der Waals surface area contributed by atoms with Crippen LogP contribution in [0.5, 0.6) is 0 Å². The van der Waals surface area contributed by atoms with Crippen LogP contribution in [0.2, 0.25) is 0 Å². The molecule has 2 amide bonds. The fraction of sp³-hybridized carbons (Fsp3) is 0.778. The van der Waals surface area contributed by atoms with Crippen molar-refractivity contribution in [2.24, 2.45) is 0 Å². The molecule has 6 nitrogen and oxygen atoms in total. The molecule has 0 heterocycles. The fourth-order valence-electron chi connectivity index (χ4n) is 1.40. The molecule has 4 N–H and O–H groups in total. The Balaban J connectivity index is 2.54. The first-order chi connectivity index (χ1) is 8.22. The Morgan fingerprint density at radius 2 is 1.89 bits per heavy atom. The Kier molecular flexibility index (Phi) is 4.05. The molecule has 0 radical (unpaired) electrons. The molecule has 104 valence electrons. The van der Waals surface area contributed by atoms with E-state index in [9.17, 15) is 22.8 Å². The maximum Gasteiger partial charge on any atom is 0.411 e. The number of carboxylic acid groups (broad SMARTS) is 1. The molecule has 0 unspecified atom stereocenters. The quantitative estimate of drug-likeness (QED) is 0.574. The average Bonchev–Trinajstić information content (AvgIpc) is 2.97. The summed E-state index contributed by atoms with van der Waals surface area (Å²) in [5.41, 5.74) is -2.24. The highest BCUT2D eigenvalue weighted by atomic mass is 19.4. The number of amides is 2. The second-order valence-electron chi connectivity index (χ2n) is 4.08. The van der Waals surface area contributed by atoms with E-state index >= 15 is 0 Å². The molecule has 1 atom stereocenters. The van der Waals surface area contributed by atoms with Crippen molar-refractivity contribution in [1.29, 1.82) is 0 Å². The molecule has 1 aliphatic rings. The molecule has 0 aromatic carbocycles. The van der Waals surface area contributed by atoms with E-state index in [0.717, 1.165) is 0 Å². The maximum atomic E-state index is 12.5. The molecule has 1 aliphatic carbocycles. The number of aliphatic carboxylic acids is 1. The molecule has 9 heteroatoms. The SMILES string of the molecule is O=C(N[C@@H](CCO)C(=O)O)NC1(C(F)(F)F)CC1. The first kappa shape index (κ1) is 14.6. The van der Waals surface area contributed by atoms with Gasteiger partial charge in [-0.05, 0) is 12.8 Å². The summed E-state index contributed by atoms with van der Waals surface area (Å²) in [6.45, 7) is -0.498. The minimum atomic E-state index is -4.56. The first-order valence-electron chi connectivity index (χ1n) is 5.21. The molecule has 0 bridgehead atoms. The Bertz CT molecular complexity index is 341. The van der Waals surface area contributed by atoms with Crippen LogP contribution in [0, 0.1) is 0 Å². The lowest BCUT2D eigenvalue weighted by molar-refractivity contribution is -0.162. The third-order valence-electron chi connectivity index (χ3n) is 2.67. The molecule has 1 fully saturated rings. The highest BCUT2D eigenvalue weighted by Gasteiger charge is 2.64. The zero-order valence-corrected chi connectivity index (χ0v) is 9.25. The van der Waals surface area contributed by atoms with Gasteiger partial charge in [0.1, 0.15) is 11.6 Å². The molecule has 0 aromatic heterocycles. The van der Waals surface area contributed by atoms with E-state index in [1.807, 2.05) is 5.32 Å². The lowest BCUT2D eigenvalue weighted by Crippen LogP contribution is -2.54. The smallest absolute Gasteiger partial charge is 0.411 e. The summed E-state index contributed by atoms with van der Waals surface area (Å²) in [7, 11) is 0. The third-order valence-corrected chi connectivity index (χ3v) is 2.67. The van der Waals surface area contributed by atoms with E-state index in [-0.39, 0.29) is 19.3 Å². The van der Waals surface area contributed by atoms with Gasteiger partial charge in [-0.1, -0.05) is 0 Å². The van der Waals surface area contributed by atoms with Gasteiger partial charge in [-0.25, -0.2) is 9.59 Å². The number of carbonyl (C=O) groups excluding carboxylic acids is 1. The van der Waals surface area contributed by atoms with E-state index in [0.29, 0.717) is 0 Å². The third kappa shape index (κ3) is 3.25. The number of alkyl halides is 3. The number of halogens is 3. The zero-order chi connectivity index (χ0) is 14.0. The molecule has 1 rings (SSSR count). The fourth-order valence-corrected chi connectivity index (χ4v) is 1.40. The molecule has 18 heavy (non-hydrogen) atoms. The summed E-state index contributed by atoms with van der Waals surface area (Å²) in [6, 6.07) is -2.62. The van der Waals surface area contributed by atoms with Crippen molar-refractivity contribution in [1.82, 2.24) is 10.6 Å². The topological polar surface area (TPSA) is 98.7 Å². The number of hydrogen-bond donors (Lipinski definition) is 4. The van der Waals surface area contributed by atoms with Gasteiger partial charge in [0.2, 0.25) is 0 Å². The van der Waals surface area contributed by atoms with Crippen molar-refractivity contribution in [2.45, 2.75) is 37.0 Å². The molecule has 0 aliphatic heterocycles. The van der Waals surface area contributed by atoms with Gasteiger partial charge < -0.3 is 20.8 Å². The molecule has 0 aromatic rings. The summed E-state index contributed by atoms with van der Waals surface area (Å²) in [5.74, 6) is -1.42. The first-order valence-corrected chi connectivity index (χ1v) is 5.21. The minimum Gasteiger partial charge on any atom is -0.480 e. The largest absolute Gasteiger partial charge is 0.480 e. The highest BCUT2D eigenvalue weighted by molar-refractivity contribution is 5.83. The Morgan fingerprint density at radius 3 is 2.22 bits per heavy atom. The van der Waals surface area contributed by atoms with Crippen molar-refractivity contribution >= 4 is 12.0 Å². The van der Waals surface area contributed by atoms with E-state index in [1.54, 1.807) is 5.32 Å². The normalized spacial score (nSPS) is 18.9. The monoisotopic (exact) mass is 270 g/mol. The van der Waals surface area contributed by atoms with Crippen molar-refractivity contribution in [3.05, 3.63) is 0 Å². The predicted molar refractivity (Wildman–Crippen MR) is 52.8 cm³/mol. The number of aliphatic hydroxyl groups is 1. The van der Waals surface area contributed by atoms with E-state index in [2.05, 4.69) is 0 Å². The van der Waals surface area contributed by atoms with E-state index in [4.69, 9.17) is 10.2 Å². The standard InChI is InChI=1S/C9H13F3N2O4/c10-9(11,12)8(2-3-8)14-7(18)13-5(1-4-15)6(16)17/h5,15H,1-4H2,(H,16,17)(H2,13,14,18)/t5-/m0/s1. The minimum absolute atomic E-state index is 0.221. The Labute approximate surface area is 100 Å². The van der Waals surface area contributed by atoms with Gasteiger partial charge in [0.05, 0.1) is 0 Å². The van der Waals surface area contributed by atoms with Crippen LogP contribution in [-0.4, -0.2) is 46.6 Å². The zero-order valence-electron chi connectivity index (χ0n) is 9.25. The highest BCUT2D eigenvalue weighted by Crippen LogP contribution is 2.48. The van der Waals surface area contributed by atoms with Crippen molar-refractivity contribution in [3.63, 3.8) is 0 Å². The summed E-state index contributed by atoms with van der Waals surface area (Å²) in [4.78, 5) is 21.9. The average molecular weight is 270 g/mol. The van der Waals surface area contributed by atoms with Crippen molar-refractivity contribution < 1.29 is 33.0 Å². The number of nitrogens with one attached hydrogen (secondary N) is 2. The van der Waals surface area contributed by atoms with E-state index < -0.39 is 36.4 Å².